The number of fused-ring (bicyclic) bond motifs is 1. The van der Waals surface area contributed by atoms with Crippen molar-refractivity contribution in [3.05, 3.63) is 47.3 Å². The van der Waals surface area contributed by atoms with Gasteiger partial charge < -0.3 is 10.1 Å². The monoisotopic (exact) mass is 313 g/mol. The zero-order valence-corrected chi connectivity index (χ0v) is 13.7. The fraction of sp³-hybridized carbons (Fsp3) is 0.444. The lowest BCUT2D eigenvalue weighted by atomic mass is 9.82. The third kappa shape index (κ3) is 3.73. The number of carbonyl (C=O) groups excluding carboxylic acids is 1. The molecule has 1 aromatic carbocycles. The Balaban J connectivity index is 1.60. The van der Waals surface area contributed by atoms with Crippen molar-refractivity contribution < 1.29 is 9.53 Å². The first-order chi connectivity index (χ1) is 11.2. The number of nitrogens with one attached hydrogen (secondary N) is 1. The lowest BCUT2D eigenvalue weighted by molar-refractivity contribution is -0.120. The van der Waals surface area contributed by atoms with Gasteiger partial charge in [0.2, 0.25) is 5.91 Å². The zero-order chi connectivity index (χ0) is 16.2. The predicted octanol–water partition coefficient (Wildman–Crippen LogP) is 2.21. The quantitative estimate of drug-likeness (QED) is 0.921. The molecular weight excluding hydrogens is 290 g/mol. The molecule has 2 aromatic rings. The zero-order valence-electron chi connectivity index (χ0n) is 13.7. The number of carbonyl (C=O) groups is 1. The molecule has 122 valence electrons. The van der Waals surface area contributed by atoms with E-state index in [1.807, 2.05) is 25.4 Å². The first kappa shape index (κ1) is 15.6. The molecular formula is C18H23N3O2. The van der Waals surface area contributed by atoms with Crippen LogP contribution in [-0.4, -0.2) is 29.3 Å². The van der Waals surface area contributed by atoms with Crippen LogP contribution in [0.15, 0.2) is 30.5 Å². The van der Waals surface area contributed by atoms with Crippen LogP contribution in [0.1, 0.15) is 35.6 Å². The summed E-state index contributed by atoms with van der Waals surface area (Å²) in [5.74, 6) is 1.32. The van der Waals surface area contributed by atoms with Crippen LogP contribution in [0.4, 0.5) is 0 Å². The molecule has 1 unspecified atom stereocenters. The summed E-state index contributed by atoms with van der Waals surface area (Å²) in [7, 11) is 3.55. The van der Waals surface area contributed by atoms with E-state index in [0.717, 1.165) is 30.7 Å². The van der Waals surface area contributed by atoms with Gasteiger partial charge in [-0.1, -0.05) is 6.07 Å². The number of ether oxygens (including phenoxy) is 1. The van der Waals surface area contributed by atoms with Gasteiger partial charge in [-0.2, -0.15) is 5.10 Å². The van der Waals surface area contributed by atoms with E-state index in [-0.39, 0.29) is 5.91 Å². The normalized spacial score (nSPS) is 16.7. The second-order valence-corrected chi connectivity index (χ2v) is 6.12. The number of amides is 1. The van der Waals surface area contributed by atoms with E-state index in [9.17, 15) is 4.79 Å². The second kappa shape index (κ2) is 6.86. The first-order valence-electron chi connectivity index (χ1n) is 8.07. The van der Waals surface area contributed by atoms with Gasteiger partial charge in [0.25, 0.3) is 0 Å². The van der Waals surface area contributed by atoms with Gasteiger partial charge >= 0.3 is 0 Å². The van der Waals surface area contributed by atoms with E-state index in [2.05, 4.69) is 22.5 Å². The molecule has 1 N–H and O–H groups in total. The molecule has 1 atom stereocenters. The molecule has 1 heterocycles. The molecule has 0 aliphatic heterocycles. The largest absolute Gasteiger partial charge is 0.497 e. The van der Waals surface area contributed by atoms with Crippen molar-refractivity contribution in [3.8, 4) is 5.75 Å². The Morgan fingerprint density at radius 2 is 2.30 bits per heavy atom. The molecule has 0 fully saturated rings. The minimum absolute atomic E-state index is 0.0318. The van der Waals surface area contributed by atoms with E-state index in [1.54, 1.807) is 11.8 Å². The number of hydrogen-bond acceptors (Lipinski definition) is 3. The molecule has 23 heavy (non-hydrogen) atoms. The summed E-state index contributed by atoms with van der Waals surface area (Å²) in [5, 5.41) is 7.30. The van der Waals surface area contributed by atoms with Gasteiger partial charge in [0, 0.05) is 25.7 Å². The highest BCUT2D eigenvalue weighted by Crippen LogP contribution is 2.33. The molecule has 0 bridgehead atoms. The summed E-state index contributed by atoms with van der Waals surface area (Å²) in [5.41, 5.74) is 3.49. The van der Waals surface area contributed by atoms with Crippen molar-refractivity contribution >= 4 is 5.91 Å². The molecule has 0 saturated carbocycles. The predicted molar refractivity (Wildman–Crippen MR) is 88.6 cm³/mol. The maximum Gasteiger partial charge on any atom is 0.226 e. The summed E-state index contributed by atoms with van der Waals surface area (Å²) in [6.45, 7) is 0.686. The summed E-state index contributed by atoms with van der Waals surface area (Å²) in [4.78, 5) is 12.1. The molecule has 1 aromatic heterocycles. The van der Waals surface area contributed by atoms with Gasteiger partial charge in [0.1, 0.15) is 5.75 Å². The average molecular weight is 313 g/mol. The van der Waals surface area contributed by atoms with Crippen LogP contribution in [0.5, 0.6) is 5.75 Å². The Kier molecular flexibility index (Phi) is 4.65. The summed E-state index contributed by atoms with van der Waals surface area (Å²) in [6.07, 6.45) is 5.55. The van der Waals surface area contributed by atoms with Crippen LogP contribution in [-0.2, 0) is 24.7 Å². The summed E-state index contributed by atoms with van der Waals surface area (Å²) in [6, 6.07) is 8.15. The number of aryl methyl sites for hydroxylation is 2. The molecule has 5 heteroatoms. The Hall–Kier alpha value is -2.30. The van der Waals surface area contributed by atoms with E-state index in [0.29, 0.717) is 18.9 Å². The maximum atomic E-state index is 12.1. The fourth-order valence-electron chi connectivity index (χ4n) is 3.25. The number of nitrogens with zero attached hydrogens (tertiary/aromatic N) is 2. The van der Waals surface area contributed by atoms with Gasteiger partial charge in [-0.15, -0.1) is 0 Å². The van der Waals surface area contributed by atoms with Crippen LogP contribution in [0, 0.1) is 0 Å². The number of rotatable bonds is 5. The van der Waals surface area contributed by atoms with Gasteiger partial charge in [-0.3, -0.25) is 9.48 Å². The van der Waals surface area contributed by atoms with Crippen molar-refractivity contribution in [1.29, 1.82) is 0 Å². The molecule has 1 aliphatic carbocycles. The van der Waals surface area contributed by atoms with Gasteiger partial charge in [0.15, 0.2) is 0 Å². The lowest BCUT2D eigenvalue weighted by Crippen LogP contribution is -2.31. The van der Waals surface area contributed by atoms with Crippen molar-refractivity contribution in [2.75, 3.05) is 13.7 Å². The number of hydrogen-bond donors (Lipinski definition) is 1. The standard InChI is InChI=1S/C18H23N3O2/c1-21-9-8-15(20-21)11-18(22)19-12-14-5-3-4-13-10-16(23-2)6-7-17(13)14/h6-10,14H,3-5,11-12H2,1-2H3,(H,19,22). The molecule has 1 aliphatic rings. The van der Waals surface area contributed by atoms with Crippen molar-refractivity contribution in [2.24, 2.45) is 7.05 Å². The van der Waals surface area contributed by atoms with Crippen LogP contribution >= 0.6 is 0 Å². The highest BCUT2D eigenvalue weighted by Gasteiger charge is 2.21. The Morgan fingerprint density at radius 1 is 1.43 bits per heavy atom. The van der Waals surface area contributed by atoms with Gasteiger partial charge in [-0.05, 0) is 48.6 Å². The molecule has 1 amide bonds. The summed E-state index contributed by atoms with van der Waals surface area (Å²) < 4.78 is 7.02. The Labute approximate surface area is 136 Å². The summed E-state index contributed by atoms with van der Waals surface area (Å²) >= 11 is 0. The van der Waals surface area contributed by atoms with Crippen LogP contribution in [0.3, 0.4) is 0 Å². The molecule has 5 nitrogen and oxygen atoms in total. The highest BCUT2D eigenvalue weighted by molar-refractivity contribution is 5.78. The van der Waals surface area contributed by atoms with Crippen LogP contribution in [0.25, 0.3) is 0 Å². The van der Waals surface area contributed by atoms with Crippen molar-refractivity contribution in [1.82, 2.24) is 15.1 Å². The number of benzene rings is 1. The van der Waals surface area contributed by atoms with E-state index < -0.39 is 0 Å². The first-order valence-corrected chi connectivity index (χ1v) is 8.07. The molecule has 0 saturated heterocycles. The van der Waals surface area contributed by atoms with Gasteiger partial charge in [-0.25, -0.2) is 0 Å². The Bertz CT molecular complexity index is 693. The lowest BCUT2D eigenvalue weighted by Gasteiger charge is -2.26. The third-order valence-electron chi connectivity index (χ3n) is 4.44. The maximum absolute atomic E-state index is 12.1. The minimum Gasteiger partial charge on any atom is -0.497 e. The van der Waals surface area contributed by atoms with E-state index in [4.69, 9.17) is 4.74 Å². The average Bonchev–Trinajstić information content (AvgIpc) is 2.97. The van der Waals surface area contributed by atoms with Crippen LogP contribution in [0.2, 0.25) is 0 Å². The van der Waals surface area contributed by atoms with Crippen molar-refractivity contribution in [3.63, 3.8) is 0 Å². The van der Waals surface area contributed by atoms with E-state index in [1.165, 1.54) is 11.1 Å². The molecule has 3 rings (SSSR count). The van der Waals surface area contributed by atoms with Gasteiger partial charge in [0.05, 0.1) is 19.2 Å². The molecule has 0 spiro atoms. The van der Waals surface area contributed by atoms with E-state index >= 15 is 0 Å². The topological polar surface area (TPSA) is 56.1 Å². The highest BCUT2D eigenvalue weighted by atomic mass is 16.5. The minimum atomic E-state index is 0.0318. The Morgan fingerprint density at radius 3 is 3.04 bits per heavy atom. The second-order valence-electron chi connectivity index (χ2n) is 6.12. The number of methoxy groups -OCH3 is 1. The smallest absolute Gasteiger partial charge is 0.226 e. The molecule has 0 radical (unpaired) electrons. The SMILES string of the molecule is COc1ccc2c(c1)CCCC2CNC(=O)Cc1ccn(C)n1. The number of aromatic nitrogens is 2. The fourth-order valence-corrected chi connectivity index (χ4v) is 3.25. The third-order valence-corrected chi connectivity index (χ3v) is 4.44. The van der Waals surface area contributed by atoms with Crippen molar-refractivity contribution in [2.45, 2.75) is 31.6 Å². The van der Waals surface area contributed by atoms with Crippen LogP contribution < -0.4 is 10.1 Å².